The molecule has 0 saturated heterocycles. The van der Waals surface area contributed by atoms with Gasteiger partial charge < -0.3 is 16.2 Å². The van der Waals surface area contributed by atoms with Gasteiger partial charge in [-0.3, -0.25) is 9.35 Å². The number of carbonyl (C=O) groups excluding carboxylic acids is 1. The van der Waals surface area contributed by atoms with Crippen LogP contribution in [0.5, 0.6) is 5.75 Å². The molecule has 2 rings (SSSR count). The molecule has 0 bridgehead atoms. The van der Waals surface area contributed by atoms with E-state index in [1.807, 2.05) is 18.2 Å². The smallest absolute Gasteiger partial charge is 0.276 e. The number of carbonyl (C=O) groups is 1. The zero-order chi connectivity index (χ0) is 19.0. The standard InChI is InChI=1S/C14H17N3O2S.CH4O3S/c1-2-20-11-5-3-4-9-8-10(6-7-19-12(9)11)13(18)17-14(15)16;1-5(2,3)4/h3-5,8H,2,6-7H2,1H3,(H4,15,16,17,18);1H3,(H,2,3,4). The summed E-state index contributed by atoms with van der Waals surface area (Å²) in [5.74, 6) is 1.15. The summed E-state index contributed by atoms with van der Waals surface area (Å²) in [7, 11) is -3.67. The molecule has 8 nitrogen and oxygen atoms in total. The summed E-state index contributed by atoms with van der Waals surface area (Å²) in [6.07, 6.45) is 3.00. The minimum absolute atomic E-state index is 0.225. The zero-order valence-corrected chi connectivity index (χ0v) is 15.6. The second kappa shape index (κ2) is 9.44. The summed E-state index contributed by atoms with van der Waals surface area (Å²) in [5.41, 5.74) is 11.9. The van der Waals surface area contributed by atoms with Crippen LogP contribution < -0.4 is 16.2 Å². The first-order valence-corrected chi connectivity index (χ1v) is 10.1. The Morgan fingerprint density at radius 1 is 1.40 bits per heavy atom. The number of fused-ring (bicyclic) bond motifs is 1. The van der Waals surface area contributed by atoms with Crippen LogP contribution in [0, 0.1) is 0 Å². The van der Waals surface area contributed by atoms with Crippen LogP contribution in [0.2, 0.25) is 0 Å². The Morgan fingerprint density at radius 3 is 2.60 bits per heavy atom. The Bertz CT molecular complexity index is 776. The van der Waals surface area contributed by atoms with Gasteiger partial charge in [0.2, 0.25) is 0 Å². The maximum atomic E-state index is 11.9. The number of guanidine groups is 1. The third-order valence-corrected chi connectivity index (χ3v) is 3.68. The number of para-hydroxylation sites is 1. The predicted molar refractivity (Wildman–Crippen MR) is 99.2 cm³/mol. The lowest BCUT2D eigenvalue weighted by Gasteiger charge is -2.10. The first-order chi connectivity index (χ1) is 11.6. The molecular formula is C15H21N3O5S2. The Balaban J connectivity index is 0.000000550. The van der Waals surface area contributed by atoms with E-state index in [0.717, 1.165) is 22.0 Å². The highest BCUT2D eigenvalue weighted by atomic mass is 32.2. The number of nitrogens with zero attached hydrogens (tertiary/aromatic N) is 1. The molecule has 1 heterocycles. The maximum absolute atomic E-state index is 11.9. The third-order valence-electron chi connectivity index (χ3n) is 2.76. The van der Waals surface area contributed by atoms with Gasteiger partial charge in [-0.05, 0) is 17.9 Å². The van der Waals surface area contributed by atoms with E-state index < -0.39 is 16.0 Å². The van der Waals surface area contributed by atoms with Crippen LogP contribution in [0.15, 0.2) is 33.7 Å². The van der Waals surface area contributed by atoms with Gasteiger partial charge >= 0.3 is 0 Å². The summed E-state index contributed by atoms with van der Waals surface area (Å²) in [6.45, 7) is 2.52. The van der Waals surface area contributed by atoms with Crippen LogP contribution in [0.1, 0.15) is 18.9 Å². The van der Waals surface area contributed by atoms with Gasteiger partial charge in [0.25, 0.3) is 16.0 Å². The fourth-order valence-corrected chi connectivity index (χ4v) is 2.74. The number of amides is 1. The lowest BCUT2D eigenvalue weighted by Crippen LogP contribution is -2.24. The molecule has 1 aliphatic heterocycles. The van der Waals surface area contributed by atoms with Gasteiger partial charge in [-0.25, -0.2) is 0 Å². The van der Waals surface area contributed by atoms with Crippen LogP contribution in [-0.4, -0.2) is 43.5 Å². The van der Waals surface area contributed by atoms with Gasteiger partial charge in [0.05, 0.1) is 12.9 Å². The highest BCUT2D eigenvalue weighted by molar-refractivity contribution is 7.99. The molecule has 0 fully saturated rings. The van der Waals surface area contributed by atoms with Crippen molar-refractivity contribution in [3.8, 4) is 5.75 Å². The van der Waals surface area contributed by atoms with Crippen LogP contribution in [0.4, 0.5) is 0 Å². The van der Waals surface area contributed by atoms with E-state index in [0.29, 0.717) is 24.9 Å². The molecule has 0 saturated carbocycles. The van der Waals surface area contributed by atoms with E-state index in [1.54, 1.807) is 17.8 Å². The number of thioether (sulfide) groups is 1. The van der Waals surface area contributed by atoms with Gasteiger partial charge in [0.15, 0.2) is 5.96 Å². The number of aliphatic imine (C=N–C) groups is 1. The van der Waals surface area contributed by atoms with Crippen LogP contribution in [0.25, 0.3) is 6.08 Å². The van der Waals surface area contributed by atoms with Crippen LogP contribution >= 0.6 is 11.8 Å². The normalized spacial score (nSPS) is 13.2. The van der Waals surface area contributed by atoms with Crippen LogP contribution in [0.3, 0.4) is 0 Å². The topological polar surface area (TPSA) is 145 Å². The molecule has 5 N–H and O–H groups in total. The van der Waals surface area contributed by atoms with E-state index in [2.05, 4.69) is 11.9 Å². The molecule has 1 aromatic rings. The van der Waals surface area contributed by atoms with Crippen molar-refractivity contribution < 1.29 is 22.5 Å². The average molecular weight is 387 g/mol. The second-order valence-corrected chi connectivity index (χ2v) is 7.72. The number of nitrogens with two attached hydrogens (primary N) is 2. The number of hydrogen-bond acceptors (Lipinski definition) is 5. The summed E-state index contributed by atoms with van der Waals surface area (Å²) < 4.78 is 31.6. The fourth-order valence-electron chi connectivity index (χ4n) is 1.95. The summed E-state index contributed by atoms with van der Waals surface area (Å²) in [6, 6.07) is 5.89. The first kappa shape index (κ1) is 21.0. The lowest BCUT2D eigenvalue weighted by molar-refractivity contribution is -0.114. The third kappa shape index (κ3) is 8.05. The summed E-state index contributed by atoms with van der Waals surface area (Å²) >= 11 is 1.71. The van der Waals surface area contributed by atoms with Gasteiger partial charge in [-0.2, -0.15) is 13.4 Å². The highest BCUT2D eigenvalue weighted by Crippen LogP contribution is 2.35. The molecule has 1 aliphatic rings. The van der Waals surface area contributed by atoms with E-state index in [9.17, 15) is 13.2 Å². The zero-order valence-electron chi connectivity index (χ0n) is 13.9. The molecule has 138 valence electrons. The monoisotopic (exact) mass is 387 g/mol. The number of rotatable bonds is 3. The molecule has 1 amide bonds. The number of ether oxygens (including phenoxy) is 1. The van der Waals surface area contributed by atoms with Crippen molar-refractivity contribution in [1.29, 1.82) is 0 Å². The van der Waals surface area contributed by atoms with Crippen molar-refractivity contribution in [2.75, 3.05) is 18.6 Å². The first-order valence-electron chi connectivity index (χ1n) is 7.27. The van der Waals surface area contributed by atoms with E-state index >= 15 is 0 Å². The van der Waals surface area contributed by atoms with Crippen molar-refractivity contribution in [3.63, 3.8) is 0 Å². The molecule has 0 atom stereocenters. The van der Waals surface area contributed by atoms with Gasteiger partial charge in [-0.1, -0.05) is 19.1 Å². The highest BCUT2D eigenvalue weighted by Gasteiger charge is 2.17. The van der Waals surface area contributed by atoms with E-state index in [-0.39, 0.29) is 5.96 Å². The van der Waals surface area contributed by atoms with Crippen molar-refractivity contribution >= 4 is 39.8 Å². The lowest BCUT2D eigenvalue weighted by atomic mass is 10.1. The molecule has 25 heavy (non-hydrogen) atoms. The molecule has 10 heteroatoms. The molecule has 0 unspecified atom stereocenters. The second-order valence-electron chi connectivity index (χ2n) is 4.95. The minimum atomic E-state index is -3.67. The minimum Gasteiger partial charge on any atom is -0.491 e. The molecule has 0 aliphatic carbocycles. The molecule has 0 spiro atoms. The Labute approximate surface area is 151 Å². The Hall–Kier alpha value is -2.04. The molecular weight excluding hydrogens is 366 g/mol. The molecule has 1 aromatic carbocycles. The van der Waals surface area contributed by atoms with Gasteiger partial charge in [-0.15, -0.1) is 11.8 Å². The van der Waals surface area contributed by atoms with Crippen LogP contribution in [-0.2, 0) is 14.9 Å². The maximum Gasteiger partial charge on any atom is 0.276 e. The van der Waals surface area contributed by atoms with E-state index in [1.165, 1.54) is 0 Å². The summed E-state index contributed by atoms with van der Waals surface area (Å²) in [5, 5.41) is 0. The van der Waals surface area contributed by atoms with Gasteiger partial charge in [0, 0.05) is 22.5 Å². The van der Waals surface area contributed by atoms with Crippen molar-refractivity contribution in [1.82, 2.24) is 0 Å². The van der Waals surface area contributed by atoms with Crippen molar-refractivity contribution in [2.45, 2.75) is 18.2 Å². The van der Waals surface area contributed by atoms with E-state index in [4.69, 9.17) is 20.8 Å². The Morgan fingerprint density at radius 2 is 2.04 bits per heavy atom. The summed E-state index contributed by atoms with van der Waals surface area (Å²) in [4.78, 5) is 16.6. The average Bonchev–Trinajstić information content (AvgIpc) is 2.68. The SMILES string of the molecule is CCSc1cccc2c1OCCC(C(=O)N=C(N)N)=C2.CS(=O)(=O)O. The predicted octanol–water partition coefficient (Wildman–Crippen LogP) is 1.27. The Kier molecular flexibility index (Phi) is 7.94. The molecule has 0 aromatic heterocycles. The fraction of sp³-hybridized carbons (Fsp3) is 0.333. The number of benzene rings is 1. The largest absolute Gasteiger partial charge is 0.491 e. The van der Waals surface area contributed by atoms with Crippen molar-refractivity contribution in [3.05, 3.63) is 29.3 Å². The number of hydrogen-bond donors (Lipinski definition) is 3. The molecule has 0 radical (unpaired) electrons. The van der Waals surface area contributed by atoms with Crippen molar-refractivity contribution in [2.24, 2.45) is 16.5 Å². The quantitative estimate of drug-likeness (QED) is 0.304. The van der Waals surface area contributed by atoms with Gasteiger partial charge in [0.1, 0.15) is 5.75 Å².